The van der Waals surface area contributed by atoms with Gasteiger partial charge in [-0.05, 0) is 53.1 Å². The van der Waals surface area contributed by atoms with Gasteiger partial charge in [0, 0.05) is 57.0 Å². The zero-order valence-electron chi connectivity index (χ0n) is 26.1. The van der Waals surface area contributed by atoms with E-state index in [-0.39, 0.29) is 24.5 Å². The maximum atomic E-state index is 13.9. The molecule has 4 rings (SSSR count). The second-order valence-electron chi connectivity index (χ2n) is 12.2. The highest BCUT2D eigenvalue weighted by atomic mass is 16.5. The molecule has 7 heteroatoms. The highest BCUT2D eigenvalue weighted by molar-refractivity contribution is 5.83. The van der Waals surface area contributed by atoms with Gasteiger partial charge >= 0.3 is 0 Å². The van der Waals surface area contributed by atoms with E-state index in [0.717, 1.165) is 23.9 Å². The smallest absolute Gasteiger partial charge is 0.237 e. The van der Waals surface area contributed by atoms with Gasteiger partial charge < -0.3 is 24.5 Å². The van der Waals surface area contributed by atoms with Gasteiger partial charge in [0.05, 0.1) is 6.54 Å². The van der Waals surface area contributed by atoms with Crippen molar-refractivity contribution in [3.63, 3.8) is 0 Å². The maximum absolute atomic E-state index is 13.9. The number of aliphatic hydroxyl groups excluding tert-OH is 1. The van der Waals surface area contributed by atoms with Crippen LogP contribution in [-0.2, 0) is 27.9 Å². The van der Waals surface area contributed by atoms with Gasteiger partial charge in [0.25, 0.3) is 0 Å². The summed E-state index contributed by atoms with van der Waals surface area (Å²) in [5, 5.41) is 12.0. The molecule has 4 aromatic rings. The van der Waals surface area contributed by atoms with Gasteiger partial charge in [0.2, 0.25) is 5.91 Å². The summed E-state index contributed by atoms with van der Waals surface area (Å²) in [6.07, 6.45) is 2.82. The summed E-state index contributed by atoms with van der Waals surface area (Å²) in [6, 6.07) is 26.3. The van der Waals surface area contributed by atoms with Gasteiger partial charge in [-0.15, -0.1) is 0 Å². The molecule has 3 aromatic carbocycles. The van der Waals surface area contributed by atoms with Crippen LogP contribution in [0.3, 0.4) is 0 Å². The predicted molar refractivity (Wildman–Crippen MR) is 173 cm³/mol. The summed E-state index contributed by atoms with van der Waals surface area (Å²) >= 11 is 0. The molecule has 2 N–H and O–H groups in total. The fourth-order valence-corrected chi connectivity index (χ4v) is 5.23. The summed E-state index contributed by atoms with van der Waals surface area (Å²) in [4.78, 5) is 21.3. The number of aromatic amines is 1. The molecule has 0 saturated carbocycles. The molecule has 0 fully saturated rings. The van der Waals surface area contributed by atoms with E-state index in [9.17, 15) is 9.90 Å². The van der Waals surface area contributed by atoms with Crippen molar-refractivity contribution in [3.05, 3.63) is 102 Å². The third-order valence-electron chi connectivity index (χ3n) is 7.71. The lowest BCUT2D eigenvalue weighted by atomic mass is 9.87. The molecule has 7 nitrogen and oxygen atoms in total. The van der Waals surface area contributed by atoms with E-state index in [4.69, 9.17) is 9.47 Å². The second kappa shape index (κ2) is 15.7. The highest BCUT2D eigenvalue weighted by Gasteiger charge is 2.21. The monoisotopic (exact) mass is 585 g/mol. The lowest BCUT2D eigenvalue weighted by Gasteiger charge is -2.29. The fourth-order valence-electron chi connectivity index (χ4n) is 5.23. The number of hydrogen-bond acceptors (Lipinski definition) is 5. The van der Waals surface area contributed by atoms with Crippen LogP contribution in [0.25, 0.3) is 10.9 Å². The molecule has 0 radical (unpaired) electrons. The third-order valence-corrected chi connectivity index (χ3v) is 7.71. The Morgan fingerprint density at radius 2 is 1.67 bits per heavy atom. The number of aromatic nitrogens is 1. The molecule has 0 aliphatic carbocycles. The Kier molecular flexibility index (Phi) is 11.8. The number of H-pyrrole nitrogens is 1. The molecule has 230 valence electrons. The van der Waals surface area contributed by atoms with Crippen molar-refractivity contribution < 1.29 is 19.4 Å². The summed E-state index contributed by atoms with van der Waals surface area (Å²) in [5.74, 6) is 0.748. The highest BCUT2D eigenvalue weighted by Crippen LogP contribution is 2.23. The molecule has 1 heterocycles. The Balaban J connectivity index is 1.46. The maximum Gasteiger partial charge on any atom is 0.237 e. The van der Waals surface area contributed by atoms with Crippen LogP contribution in [0.2, 0.25) is 0 Å². The Bertz CT molecular complexity index is 1400. The van der Waals surface area contributed by atoms with E-state index in [1.807, 2.05) is 58.5 Å². The minimum atomic E-state index is -0.736. The number of nitrogens with one attached hydrogen (secondary N) is 1. The van der Waals surface area contributed by atoms with E-state index in [1.165, 1.54) is 16.5 Å². The van der Waals surface area contributed by atoms with Crippen molar-refractivity contribution in [2.24, 2.45) is 0 Å². The topological polar surface area (TPSA) is 78.0 Å². The summed E-state index contributed by atoms with van der Waals surface area (Å²) in [7, 11) is 1.68. The predicted octanol–water partition coefficient (Wildman–Crippen LogP) is 5.82. The van der Waals surface area contributed by atoms with E-state index in [2.05, 4.69) is 62.2 Å². The molecule has 0 aliphatic rings. The van der Waals surface area contributed by atoms with Crippen LogP contribution < -0.4 is 4.74 Å². The van der Waals surface area contributed by atoms with Crippen LogP contribution >= 0.6 is 0 Å². The first-order valence-electron chi connectivity index (χ1n) is 15.2. The van der Waals surface area contributed by atoms with Crippen LogP contribution in [0.4, 0.5) is 0 Å². The molecular formula is C36H47N3O4. The number of fused-ring (bicyclic) bond motifs is 1. The summed E-state index contributed by atoms with van der Waals surface area (Å²) in [5.41, 5.74) is 4.73. The molecule has 0 aliphatic heterocycles. The number of rotatable bonds is 16. The average molecular weight is 586 g/mol. The van der Waals surface area contributed by atoms with Gasteiger partial charge in [-0.2, -0.15) is 0 Å². The molecule has 43 heavy (non-hydrogen) atoms. The minimum Gasteiger partial charge on any atom is -0.491 e. The number of hydrogen-bond donors (Lipinski definition) is 2. The lowest BCUT2D eigenvalue weighted by molar-refractivity contribution is -0.133. The first-order chi connectivity index (χ1) is 20.7. The fraction of sp³-hybridized carbons (Fsp3) is 0.417. The quantitative estimate of drug-likeness (QED) is 0.162. The van der Waals surface area contributed by atoms with Gasteiger partial charge in [-0.3, -0.25) is 9.69 Å². The van der Waals surface area contributed by atoms with Crippen molar-refractivity contribution in [1.29, 1.82) is 0 Å². The number of ether oxygens (including phenoxy) is 2. The third kappa shape index (κ3) is 9.95. The van der Waals surface area contributed by atoms with Crippen LogP contribution in [0.15, 0.2) is 85.1 Å². The molecule has 0 spiro atoms. The number of carbonyl (C=O) groups excluding carboxylic acids is 1. The molecule has 1 amide bonds. The Morgan fingerprint density at radius 1 is 0.953 bits per heavy atom. The number of aliphatic hydroxyl groups is 1. The molecule has 0 saturated heterocycles. The summed E-state index contributed by atoms with van der Waals surface area (Å²) < 4.78 is 11.0. The van der Waals surface area contributed by atoms with Crippen LogP contribution in [0.5, 0.6) is 5.75 Å². The normalized spacial score (nSPS) is 12.5. The standard InChI is InChI=1S/C36H47N3O4/c1-36(2,3)30-17-15-28(16-18-30)24-39(21-19-29-23-37-34-14-9-8-13-33(29)34)35(41)26-38(20-10-22-42-4)25-31(40)27-43-32-11-6-5-7-12-32/h5-9,11-18,23,31,37,40H,10,19-22,24-27H2,1-4H3/t31-/m0/s1. The largest absolute Gasteiger partial charge is 0.491 e. The number of methoxy groups -OCH3 is 1. The second-order valence-corrected chi connectivity index (χ2v) is 12.2. The van der Waals surface area contributed by atoms with Crippen molar-refractivity contribution in [2.75, 3.05) is 46.5 Å². The van der Waals surface area contributed by atoms with Gasteiger partial charge in [-0.1, -0.05) is 81.4 Å². The van der Waals surface area contributed by atoms with Crippen LogP contribution in [0, 0.1) is 0 Å². The van der Waals surface area contributed by atoms with E-state index in [0.29, 0.717) is 38.5 Å². The number of nitrogens with zero attached hydrogens (tertiary/aromatic N) is 2. The van der Waals surface area contributed by atoms with Crippen molar-refractivity contribution >= 4 is 16.8 Å². The SMILES string of the molecule is COCCCN(CC(=O)N(CCc1c[nH]c2ccccc12)Cc1ccc(C(C)(C)C)cc1)C[C@H](O)COc1ccccc1. The van der Waals surface area contributed by atoms with E-state index < -0.39 is 6.10 Å². The van der Waals surface area contributed by atoms with Crippen LogP contribution in [0.1, 0.15) is 43.9 Å². The number of amides is 1. The zero-order chi connectivity index (χ0) is 30.7. The summed E-state index contributed by atoms with van der Waals surface area (Å²) in [6.45, 7) is 9.65. The Labute approximate surface area is 256 Å². The van der Waals surface area contributed by atoms with Crippen molar-refractivity contribution in [2.45, 2.75) is 51.7 Å². The van der Waals surface area contributed by atoms with Gasteiger partial charge in [0.1, 0.15) is 18.5 Å². The molecule has 1 atom stereocenters. The van der Waals surface area contributed by atoms with Crippen molar-refractivity contribution in [1.82, 2.24) is 14.8 Å². The molecule has 0 bridgehead atoms. The van der Waals surface area contributed by atoms with Gasteiger partial charge in [-0.25, -0.2) is 0 Å². The van der Waals surface area contributed by atoms with Crippen molar-refractivity contribution in [3.8, 4) is 5.75 Å². The van der Waals surface area contributed by atoms with E-state index >= 15 is 0 Å². The number of para-hydroxylation sites is 2. The first kappa shape index (κ1) is 32.3. The average Bonchev–Trinajstić information content (AvgIpc) is 3.41. The molecular weight excluding hydrogens is 538 g/mol. The van der Waals surface area contributed by atoms with E-state index in [1.54, 1.807) is 7.11 Å². The minimum absolute atomic E-state index is 0.0355. The zero-order valence-corrected chi connectivity index (χ0v) is 26.1. The number of carbonyl (C=O) groups is 1. The lowest BCUT2D eigenvalue weighted by Crippen LogP contribution is -2.44. The molecule has 1 aromatic heterocycles. The van der Waals surface area contributed by atoms with Gasteiger partial charge in [0.15, 0.2) is 0 Å². The number of benzene rings is 3. The Morgan fingerprint density at radius 3 is 2.40 bits per heavy atom. The van der Waals surface area contributed by atoms with Crippen LogP contribution in [-0.4, -0.2) is 78.4 Å². The Hall–Kier alpha value is -3.65. The molecule has 0 unspecified atom stereocenters. The first-order valence-corrected chi connectivity index (χ1v) is 15.2.